The number of amides is 1. The number of thiophene rings is 1. The minimum Gasteiger partial charge on any atom is -0.377 e. The molecule has 134 valence electrons. The summed E-state index contributed by atoms with van der Waals surface area (Å²) in [7, 11) is 2.00. The van der Waals surface area contributed by atoms with E-state index in [1.807, 2.05) is 45.7 Å². The molecule has 2 saturated heterocycles. The van der Waals surface area contributed by atoms with Crippen LogP contribution in [0.25, 0.3) is 0 Å². The van der Waals surface area contributed by atoms with Gasteiger partial charge in [-0.15, -0.1) is 0 Å². The predicted octanol–water partition coefficient (Wildman–Crippen LogP) is 1.12. The summed E-state index contributed by atoms with van der Waals surface area (Å²) in [6.07, 6.45) is 3.76. The SMILES string of the molecule is Cn1ccnc1CN1CCOC[C@]2(C1)CN(c1ccsc1)C(=O)CO2. The maximum absolute atomic E-state index is 12.3. The minimum atomic E-state index is -0.502. The van der Waals surface area contributed by atoms with Crippen molar-refractivity contribution in [3.8, 4) is 0 Å². The summed E-state index contributed by atoms with van der Waals surface area (Å²) in [6, 6.07) is 1.98. The van der Waals surface area contributed by atoms with E-state index in [2.05, 4.69) is 9.88 Å². The van der Waals surface area contributed by atoms with Crippen LogP contribution in [0, 0.1) is 0 Å². The van der Waals surface area contributed by atoms with E-state index in [-0.39, 0.29) is 12.5 Å². The molecule has 2 aromatic heterocycles. The van der Waals surface area contributed by atoms with Crippen molar-refractivity contribution in [3.05, 3.63) is 35.0 Å². The highest BCUT2D eigenvalue weighted by molar-refractivity contribution is 7.08. The number of rotatable bonds is 3. The molecule has 8 heteroatoms. The lowest BCUT2D eigenvalue weighted by molar-refractivity contribution is -0.146. The van der Waals surface area contributed by atoms with Gasteiger partial charge in [-0.05, 0) is 11.4 Å². The molecule has 1 atom stereocenters. The number of aromatic nitrogens is 2. The fourth-order valence-electron chi connectivity index (χ4n) is 3.41. The van der Waals surface area contributed by atoms with Crippen molar-refractivity contribution in [2.75, 3.05) is 44.4 Å². The number of morpholine rings is 1. The number of anilines is 1. The molecule has 1 spiro atoms. The molecule has 2 fully saturated rings. The molecular weight excluding hydrogens is 340 g/mol. The first kappa shape index (κ1) is 16.7. The Bertz CT molecular complexity index is 732. The normalized spacial score (nSPS) is 25.5. The Kier molecular flexibility index (Phi) is 4.60. The van der Waals surface area contributed by atoms with Gasteiger partial charge in [-0.25, -0.2) is 4.98 Å². The van der Waals surface area contributed by atoms with Crippen molar-refractivity contribution < 1.29 is 14.3 Å². The van der Waals surface area contributed by atoms with Crippen molar-refractivity contribution in [1.29, 1.82) is 0 Å². The van der Waals surface area contributed by atoms with E-state index < -0.39 is 5.60 Å². The van der Waals surface area contributed by atoms with Crippen LogP contribution in [0.5, 0.6) is 0 Å². The maximum Gasteiger partial charge on any atom is 0.253 e. The Labute approximate surface area is 150 Å². The van der Waals surface area contributed by atoms with Crippen molar-refractivity contribution >= 4 is 22.9 Å². The van der Waals surface area contributed by atoms with E-state index in [4.69, 9.17) is 9.47 Å². The van der Waals surface area contributed by atoms with Crippen LogP contribution >= 0.6 is 11.3 Å². The first-order valence-corrected chi connectivity index (χ1v) is 9.32. The Hall–Kier alpha value is -1.74. The average Bonchev–Trinajstić information content (AvgIpc) is 3.22. The molecule has 0 bridgehead atoms. The zero-order chi connectivity index (χ0) is 17.3. The van der Waals surface area contributed by atoms with E-state index in [1.54, 1.807) is 11.3 Å². The Morgan fingerprint density at radius 1 is 1.40 bits per heavy atom. The lowest BCUT2D eigenvalue weighted by atomic mass is 10.0. The van der Waals surface area contributed by atoms with Gasteiger partial charge >= 0.3 is 0 Å². The first-order chi connectivity index (χ1) is 12.2. The molecule has 2 aromatic rings. The fourth-order valence-corrected chi connectivity index (χ4v) is 4.05. The zero-order valence-corrected chi connectivity index (χ0v) is 15.1. The van der Waals surface area contributed by atoms with E-state index in [0.717, 1.165) is 24.6 Å². The van der Waals surface area contributed by atoms with Gasteiger partial charge in [0.15, 0.2) is 0 Å². The average molecular weight is 362 g/mol. The quantitative estimate of drug-likeness (QED) is 0.819. The summed E-state index contributed by atoms with van der Waals surface area (Å²) in [5, 5.41) is 3.99. The fraction of sp³-hybridized carbons (Fsp3) is 0.529. The Morgan fingerprint density at radius 2 is 2.32 bits per heavy atom. The molecule has 4 heterocycles. The molecule has 0 aliphatic carbocycles. The summed E-state index contributed by atoms with van der Waals surface area (Å²) in [5.41, 5.74) is 0.440. The second kappa shape index (κ2) is 6.87. The number of imidazole rings is 1. The standard InChI is InChI=1S/C17H22N4O3S/c1-19-4-3-18-15(19)8-20-5-6-23-13-17(11-20)12-21(16(22)9-24-17)14-2-7-25-10-14/h2-4,7,10H,5-6,8-9,11-13H2,1H3/t17-/m0/s1. The monoisotopic (exact) mass is 362 g/mol. The summed E-state index contributed by atoms with van der Waals surface area (Å²) in [5.74, 6) is 1.02. The van der Waals surface area contributed by atoms with Crippen LogP contribution in [0.1, 0.15) is 5.82 Å². The van der Waals surface area contributed by atoms with Gasteiger partial charge in [0.2, 0.25) is 0 Å². The van der Waals surface area contributed by atoms with Gasteiger partial charge in [0.25, 0.3) is 5.91 Å². The van der Waals surface area contributed by atoms with Crippen molar-refractivity contribution in [2.45, 2.75) is 12.1 Å². The first-order valence-electron chi connectivity index (χ1n) is 8.38. The van der Waals surface area contributed by atoms with Crippen LogP contribution in [-0.4, -0.2) is 65.4 Å². The largest absolute Gasteiger partial charge is 0.377 e. The lowest BCUT2D eigenvalue weighted by Gasteiger charge is -2.42. The summed E-state index contributed by atoms with van der Waals surface area (Å²) in [6.45, 7) is 4.04. The van der Waals surface area contributed by atoms with Crippen LogP contribution in [0.15, 0.2) is 29.2 Å². The van der Waals surface area contributed by atoms with Crippen LogP contribution < -0.4 is 4.90 Å². The number of hydrogen-bond acceptors (Lipinski definition) is 6. The molecule has 0 N–H and O–H groups in total. The van der Waals surface area contributed by atoms with Gasteiger partial charge in [-0.2, -0.15) is 11.3 Å². The lowest BCUT2D eigenvalue weighted by Crippen LogP contribution is -2.60. The van der Waals surface area contributed by atoms with Gasteiger partial charge in [0.1, 0.15) is 18.0 Å². The highest BCUT2D eigenvalue weighted by Crippen LogP contribution is 2.28. The maximum atomic E-state index is 12.3. The number of carbonyl (C=O) groups is 1. The van der Waals surface area contributed by atoms with E-state index >= 15 is 0 Å². The van der Waals surface area contributed by atoms with Crippen LogP contribution in [0.2, 0.25) is 0 Å². The smallest absolute Gasteiger partial charge is 0.253 e. The second-order valence-corrected chi connectivity index (χ2v) is 7.43. The summed E-state index contributed by atoms with van der Waals surface area (Å²) < 4.78 is 13.9. The third-order valence-corrected chi connectivity index (χ3v) is 5.45. The second-order valence-electron chi connectivity index (χ2n) is 6.65. The van der Waals surface area contributed by atoms with Crippen molar-refractivity contribution in [1.82, 2.24) is 14.5 Å². The topological polar surface area (TPSA) is 59.8 Å². The molecule has 0 radical (unpaired) electrons. The van der Waals surface area contributed by atoms with Gasteiger partial charge in [0, 0.05) is 37.9 Å². The van der Waals surface area contributed by atoms with Crippen LogP contribution in [0.4, 0.5) is 5.69 Å². The highest BCUT2D eigenvalue weighted by Gasteiger charge is 2.43. The molecule has 4 rings (SSSR count). The number of carbonyl (C=O) groups excluding carboxylic acids is 1. The third kappa shape index (κ3) is 3.48. The van der Waals surface area contributed by atoms with Crippen molar-refractivity contribution in [2.24, 2.45) is 7.05 Å². The highest BCUT2D eigenvalue weighted by atomic mass is 32.1. The van der Waals surface area contributed by atoms with Gasteiger partial charge in [0.05, 0.1) is 32.0 Å². The Balaban J connectivity index is 1.53. The van der Waals surface area contributed by atoms with E-state index in [0.29, 0.717) is 26.3 Å². The summed E-state index contributed by atoms with van der Waals surface area (Å²) >= 11 is 1.59. The molecule has 2 aliphatic heterocycles. The van der Waals surface area contributed by atoms with E-state index in [1.165, 1.54) is 0 Å². The minimum absolute atomic E-state index is 0.00363. The molecule has 0 saturated carbocycles. The zero-order valence-electron chi connectivity index (χ0n) is 14.3. The van der Waals surface area contributed by atoms with Gasteiger partial charge in [-0.1, -0.05) is 0 Å². The molecule has 2 aliphatic rings. The summed E-state index contributed by atoms with van der Waals surface area (Å²) in [4.78, 5) is 20.9. The predicted molar refractivity (Wildman–Crippen MR) is 94.7 cm³/mol. The molecule has 25 heavy (non-hydrogen) atoms. The number of nitrogens with zero attached hydrogens (tertiary/aromatic N) is 4. The Morgan fingerprint density at radius 3 is 3.08 bits per heavy atom. The number of hydrogen-bond donors (Lipinski definition) is 0. The number of aryl methyl sites for hydroxylation is 1. The molecule has 7 nitrogen and oxygen atoms in total. The van der Waals surface area contributed by atoms with Gasteiger partial charge in [-0.3, -0.25) is 9.69 Å². The van der Waals surface area contributed by atoms with Crippen LogP contribution in [-0.2, 0) is 27.9 Å². The molecular formula is C17H22N4O3S. The number of ether oxygens (including phenoxy) is 2. The van der Waals surface area contributed by atoms with Crippen LogP contribution in [0.3, 0.4) is 0 Å². The third-order valence-electron chi connectivity index (χ3n) is 4.78. The molecule has 0 unspecified atom stereocenters. The molecule has 0 aromatic carbocycles. The van der Waals surface area contributed by atoms with Gasteiger partial charge < -0.3 is 18.9 Å². The molecule has 1 amide bonds. The van der Waals surface area contributed by atoms with Crippen molar-refractivity contribution in [3.63, 3.8) is 0 Å². The van der Waals surface area contributed by atoms with E-state index in [9.17, 15) is 4.79 Å².